The molecule has 0 fully saturated rings. The highest BCUT2D eigenvalue weighted by Gasteiger charge is 2.23. The van der Waals surface area contributed by atoms with Crippen LogP contribution < -0.4 is 15.2 Å². The van der Waals surface area contributed by atoms with E-state index in [1.807, 2.05) is 0 Å². The third-order valence-corrected chi connectivity index (χ3v) is 4.09. The summed E-state index contributed by atoms with van der Waals surface area (Å²) in [5.41, 5.74) is 0.454. The van der Waals surface area contributed by atoms with E-state index in [0.29, 0.717) is 12.1 Å². The third-order valence-electron chi connectivity index (χ3n) is 4.09. The van der Waals surface area contributed by atoms with E-state index >= 15 is 0 Å². The van der Waals surface area contributed by atoms with E-state index in [2.05, 4.69) is 4.98 Å². The molecule has 0 saturated heterocycles. The van der Waals surface area contributed by atoms with Gasteiger partial charge in [0.25, 0.3) is 11.5 Å². The number of aromatic carboxylic acids is 1. The first-order valence-electron chi connectivity index (χ1n) is 8.66. The number of nitrogens with zero attached hydrogens (tertiary/aromatic N) is 4. The Morgan fingerprint density at radius 3 is 2.29 bits per heavy atom. The van der Waals surface area contributed by atoms with Gasteiger partial charge in [0.05, 0.1) is 6.61 Å². The van der Waals surface area contributed by atoms with Crippen LogP contribution in [0.3, 0.4) is 0 Å². The van der Waals surface area contributed by atoms with Crippen LogP contribution in [0.4, 0.5) is 5.95 Å². The molecule has 0 aliphatic rings. The van der Waals surface area contributed by atoms with Crippen molar-refractivity contribution in [3.63, 3.8) is 0 Å². The van der Waals surface area contributed by atoms with Gasteiger partial charge in [0.2, 0.25) is 11.7 Å². The molecule has 2 rings (SSSR count). The van der Waals surface area contributed by atoms with Crippen molar-refractivity contribution in [3.8, 4) is 5.75 Å². The second-order valence-electron chi connectivity index (χ2n) is 6.44. The van der Waals surface area contributed by atoms with E-state index in [4.69, 9.17) is 4.74 Å². The molecule has 150 valence electrons. The number of aromatic nitrogens is 2. The second kappa shape index (κ2) is 8.55. The molecule has 0 unspecified atom stereocenters. The van der Waals surface area contributed by atoms with Gasteiger partial charge >= 0.3 is 5.97 Å². The molecule has 9 heteroatoms. The van der Waals surface area contributed by atoms with Crippen molar-refractivity contribution in [1.82, 2.24) is 14.5 Å². The Balaban J connectivity index is 2.34. The maximum absolute atomic E-state index is 12.5. The zero-order valence-electron chi connectivity index (χ0n) is 16.6. The molecule has 0 radical (unpaired) electrons. The molecule has 1 heterocycles. The maximum atomic E-state index is 12.5. The summed E-state index contributed by atoms with van der Waals surface area (Å²) < 4.78 is 6.44. The summed E-state index contributed by atoms with van der Waals surface area (Å²) in [6.07, 6.45) is 0. The molecule has 1 aromatic carbocycles. The number of benzene rings is 1. The van der Waals surface area contributed by atoms with E-state index in [-0.39, 0.29) is 24.2 Å². The van der Waals surface area contributed by atoms with Gasteiger partial charge in [0.15, 0.2) is 5.69 Å². The van der Waals surface area contributed by atoms with Gasteiger partial charge in [0, 0.05) is 40.3 Å². The first-order valence-corrected chi connectivity index (χ1v) is 8.66. The standard InChI is InChI=1S/C19H24N4O5/c1-6-28-15-14(18(26)27)20-19(23(5)17(15)25)22(4)11-12-7-9-13(10-8-12)16(24)21(2)3/h7-10H,6,11H2,1-5H3,(H,26,27). The quantitative estimate of drug-likeness (QED) is 0.760. The van der Waals surface area contributed by atoms with Crippen LogP contribution in [0, 0.1) is 0 Å². The summed E-state index contributed by atoms with van der Waals surface area (Å²) >= 11 is 0. The zero-order valence-corrected chi connectivity index (χ0v) is 16.6. The van der Waals surface area contributed by atoms with Crippen LogP contribution >= 0.6 is 0 Å². The Labute approximate surface area is 162 Å². The summed E-state index contributed by atoms with van der Waals surface area (Å²) in [6, 6.07) is 7.05. The molecule has 28 heavy (non-hydrogen) atoms. The topological polar surface area (TPSA) is 105 Å². The fraction of sp³-hybridized carbons (Fsp3) is 0.368. The number of carboxylic acids is 1. The Morgan fingerprint density at radius 2 is 1.79 bits per heavy atom. The van der Waals surface area contributed by atoms with E-state index < -0.39 is 17.2 Å². The first-order chi connectivity index (χ1) is 13.2. The summed E-state index contributed by atoms with van der Waals surface area (Å²) in [5.74, 6) is -1.51. The monoisotopic (exact) mass is 388 g/mol. The molecule has 1 aromatic heterocycles. The number of hydrogen-bond donors (Lipinski definition) is 1. The maximum Gasteiger partial charge on any atom is 0.358 e. The molecule has 0 saturated carbocycles. The van der Waals surface area contributed by atoms with Gasteiger partial charge in [-0.3, -0.25) is 14.2 Å². The molecule has 0 aliphatic carbocycles. The van der Waals surface area contributed by atoms with E-state index in [0.717, 1.165) is 5.56 Å². The van der Waals surface area contributed by atoms with E-state index in [1.165, 1.54) is 16.5 Å². The predicted molar refractivity (Wildman–Crippen MR) is 104 cm³/mol. The molecule has 1 N–H and O–H groups in total. The lowest BCUT2D eigenvalue weighted by Gasteiger charge is -2.22. The summed E-state index contributed by atoms with van der Waals surface area (Å²) in [5, 5.41) is 9.39. The van der Waals surface area contributed by atoms with Crippen LogP contribution in [0.2, 0.25) is 0 Å². The van der Waals surface area contributed by atoms with Crippen molar-refractivity contribution >= 4 is 17.8 Å². The molecular weight excluding hydrogens is 364 g/mol. The number of anilines is 1. The minimum absolute atomic E-state index is 0.0958. The molecule has 0 atom stereocenters. The number of ether oxygens (including phenoxy) is 1. The highest BCUT2D eigenvalue weighted by Crippen LogP contribution is 2.18. The van der Waals surface area contributed by atoms with E-state index in [9.17, 15) is 19.5 Å². The first kappa shape index (κ1) is 20.9. The largest absolute Gasteiger partial charge is 0.486 e. The van der Waals surface area contributed by atoms with Gasteiger partial charge in [-0.25, -0.2) is 9.78 Å². The molecule has 9 nitrogen and oxygen atoms in total. The van der Waals surface area contributed by atoms with Gasteiger partial charge in [-0.05, 0) is 24.6 Å². The number of rotatable bonds is 7. The van der Waals surface area contributed by atoms with Crippen molar-refractivity contribution in [3.05, 3.63) is 51.4 Å². The van der Waals surface area contributed by atoms with Crippen LogP contribution in [0.5, 0.6) is 5.75 Å². The predicted octanol–water partition coefficient (Wildman–Crippen LogP) is 1.22. The number of amides is 1. The van der Waals surface area contributed by atoms with Crippen LogP contribution in [0.25, 0.3) is 0 Å². The number of carbonyl (C=O) groups excluding carboxylic acids is 1. The Morgan fingerprint density at radius 1 is 1.18 bits per heavy atom. The summed E-state index contributed by atoms with van der Waals surface area (Å²) in [7, 11) is 6.57. The average Bonchev–Trinajstić information content (AvgIpc) is 2.65. The van der Waals surface area contributed by atoms with Gasteiger partial charge in [0.1, 0.15) is 0 Å². The average molecular weight is 388 g/mol. The Kier molecular flexibility index (Phi) is 6.40. The molecule has 0 spiro atoms. The number of carbonyl (C=O) groups is 2. The second-order valence-corrected chi connectivity index (χ2v) is 6.44. The van der Waals surface area contributed by atoms with Crippen molar-refractivity contribution in [2.75, 3.05) is 32.6 Å². The number of carboxylic acid groups (broad SMARTS) is 1. The number of hydrogen-bond acceptors (Lipinski definition) is 6. The highest BCUT2D eigenvalue weighted by molar-refractivity contribution is 5.93. The van der Waals surface area contributed by atoms with Crippen molar-refractivity contribution < 1.29 is 19.4 Å². The Bertz CT molecular complexity index is 935. The lowest BCUT2D eigenvalue weighted by Crippen LogP contribution is -2.31. The van der Waals surface area contributed by atoms with E-state index in [1.54, 1.807) is 57.2 Å². The third kappa shape index (κ3) is 4.30. The molecular formula is C19H24N4O5. The van der Waals surface area contributed by atoms with Gasteiger partial charge < -0.3 is 19.6 Å². The molecule has 0 bridgehead atoms. The van der Waals surface area contributed by atoms with Gasteiger partial charge in [-0.15, -0.1) is 0 Å². The fourth-order valence-electron chi connectivity index (χ4n) is 2.69. The minimum atomic E-state index is -1.33. The van der Waals surface area contributed by atoms with Crippen LogP contribution in [0.1, 0.15) is 33.3 Å². The minimum Gasteiger partial charge on any atom is -0.486 e. The highest BCUT2D eigenvalue weighted by atomic mass is 16.5. The summed E-state index contributed by atoms with van der Waals surface area (Å²) in [6.45, 7) is 2.18. The van der Waals surface area contributed by atoms with Crippen molar-refractivity contribution in [2.24, 2.45) is 7.05 Å². The van der Waals surface area contributed by atoms with Crippen LogP contribution in [-0.4, -0.2) is 59.2 Å². The molecule has 2 aromatic rings. The fourth-order valence-corrected chi connectivity index (χ4v) is 2.69. The van der Waals surface area contributed by atoms with Gasteiger partial charge in [-0.1, -0.05) is 12.1 Å². The molecule has 1 amide bonds. The van der Waals surface area contributed by atoms with Crippen LogP contribution in [-0.2, 0) is 13.6 Å². The lowest BCUT2D eigenvalue weighted by atomic mass is 10.1. The normalized spacial score (nSPS) is 10.5. The molecule has 0 aliphatic heterocycles. The zero-order chi connectivity index (χ0) is 21.0. The van der Waals surface area contributed by atoms with Gasteiger partial charge in [-0.2, -0.15) is 0 Å². The van der Waals surface area contributed by atoms with Crippen molar-refractivity contribution in [1.29, 1.82) is 0 Å². The lowest BCUT2D eigenvalue weighted by molar-refractivity contribution is 0.0684. The van der Waals surface area contributed by atoms with Crippen molar-refractivity contribution in [2.45, 2.75) is 13.5 Å². The Hall–Kier alpha value is -3.36. The SMILES string of the molecule is CCOc1c(C(=O)O)nc(N(C)Cc2ccc(C(=O)N(C)C)cc2)n(C)c1=O. The smallest absolute Gasteiger partial charge is 0.358 e. The summed E-state index contributed by atoms with van der Waals surface area (Å²) in [4.78, 5) is 43.3. The van der Waals surface area contributed by atoms with Crippen LogP contribution in [0.15, 0.2) is 29.1 Å².